The van der Waals surface area contributed by atoms with E-state index in [0.717, 1.165) is 19.3 Å². The van der Waals surface area contributed by atoms with Gasteiger partial charge in [0.1, 0.15) is 5.69 Å². The van der Waals surface area contributed by atoms with Crippen LogP contribution in [0.15, 0.2) is 30.6 Å². The van der Waals surface area contributed by atoms with Crippen molar-refractivity contribution in [1.29, 1.82) is 0 Å². The smallest absolute Gasteiger partial charge is 0.355 e. The van der Waals surface area contributed by atoms with Crippen LogP contribution in [0.1, 0.15) is 67.4 Å². The molecule has 2 amide bonds. The molecule has 0 aromatic carbocycles. The number of carbonyl (C=O) groups excluding carboxylic acids is 2. The van der Waals surface area contributed by atoms with Gasteiger partial charge in [0, 0.05) is 31.6 Å². The summed E-state index contributed by atoms with van der Waals surface area (Å²) in [5, 5.41) is 14.4. The third kappa shape index (κ3) is 4.14. The summed E-state index contributed by atoms with van der Waals surface area (Å²) in [6.07, 6.45) is 1.89. The Labute approximate surface area is 217 Å². The first-order chi connectivity index (χ1) is 18.0. The van der Waals surface area contributed by atoms with Gasteiger partial charge >= 0.3 is 6.18 Å². The molecule has 3 aliphatic carbocycles. The van der Waals surface area contributed by atoms with E-state index >= 15 is 0 Å². The molecule has 1 aliphatic heterocycles. The number of halogens is 3. The van der Waals surface area contributed by atoms with Crippen molar-refractivity contribution in [3.63, 3.8) is 0 Å². The third-order valence-electron chi connectivity index (χ3n) is 8.54. The van der Waals surface area contributed by atoms with Gasteiger partial charge in [0.05, 0.1) is 29.5 Å². The zero-order valence-electron chi connectivity index (χ0n) is 21.3. The largest absolute Gasteiger partial charge is 0.393 e. The Morgan fingerprint density at radius 1 is 1.26 bits per heavy atom. The minimum atomic E-state index is -4.35. The molecule has 202 valence electrons. The molecule has 9 nitrogen and oxygen atoms in total. The summed E-state index contributed by atoms with van der Waals surface area (Å²) in [6, 6.07) is 4.84. The molecule has 3 saturated carbocycles. The van der Waals surface area contributed by atoms with Crippen molar-refractivity contribution in [3.8, 4) is 0 Å². The fourth-order valence-corrected chi connectivity index (χ4v) is 6.99. The number of nitrogens with zero attached hydrogens (tertiary/aromatic N) is 5. The van der Waals surface area contributed by atoms with Gasteiger partial charge in [-0.05, 0) is 61.6 Å². The number of alkyl halides is 3. The van der Waals surface area contributed by atoms with Crippen LogP contribution < -0.4 is 10.6 Å². The van der Waals surface area contributed by atoms with E-state index in [9.17, 15) is 22.8 Å². The van der Waals surface area contributed by atoms with Gasteiger partial charge in [0.25, 0.3) is 5.91 Å². The van der Waals surface area contributed by atoms with E-state index in [-0.39, 0.29) is 42.7 Å². The van der Waals surface area contributed by atoms with E-state index in [1.54, 1.807) is 39.8 Å². The number of amides is 2. The standard InChI is InChI=1S/C26H30F3N7O2/c1-3-35-19(6-7-31-35)23(38)33-21(25-12-24(2,13-25)14-25)18-11-36-20(32-18)5-4-17(34-36)9-15-8-16(26(27,28)29)10-30-22(15)37/h4-7,11,15-16,21H,3,8-10,12-14H2,1-2H3,(H,30,37)(H,33,38)/t15?,16-,21-,24?,25?/m1/s1. The van der Waals surface area contributed by atoms with Crippen molar-refractivity contribution in [2.24, 2.45) is 22.7 Å². The molecular weight excluding hydrogens is 499 g/mol. The van der Waals surface area contributed by atoms with Crippen molar-refractivity contribution < 1.29 is 22.8 Å². The molecule has 3 aromatic rings. The normalized spacial score (nSPS) is 29.3. The van der Waals surface area contributed by atoms with Crippen LogP contribution in [0.2, 0.25) is 0 Å². The molecule has 2 bridgehead atoms. The van der Waals surface area contributed by atoms with Crippen LogP contribution in [0, 0.1) is 22.7 Å². The van der Waals surface area contributed by atoms with Gasteiger partial charge in [-0.3, -0.25) is 14.3 Å². The summed E-state index contributed by atoms with van der Waals surface area (Å²) in [5.41, 5.74) is 2.51. The fourth-order valence-electron chi connectivity index (χ4n) is 6.99. The number of carbonyl (C=O) groups is 2. The molecule has 38 heavy (non-hydrogen) atoms. The maximum atomic E-state index is 13.2. The van der Waals surface area contributed by atoms with Crippen molar-refractivity contribution in [3.05, 3.63) is 47.7 Å². The lowest BCUT2D eigenvalue weighted by Gasteiger charge is -2.72. The van der Waals surface area contributed by atoms with Crippen molar-refractivity contribution in [2.45, 2.75) is 64.7 Å². The molecule has 3 atom stereocenters. The molecule has 2 N–H and O–H groups in total. The number of rotatable bonds is 7. The maximum Gasteiger partial charge on any atom is 0.393 e. The number of hydrogen-bond acceptors (Lipinski definition) is 5. The number of imidazole rings is 1. The molecule has 4 fully saturated rings. The van der Waals surface area contributed by atoms with Crippen LogP contribution in [0.3, 0.4) is 0 Å². The molecule has 0 spiro atoms. The highest BCUT2D eigenvalue weighted by atomic mass is 19.4. The summed E-state index contributed by atoms with van der Waals surface area (Å²) < 4.78 is 42.9. The predicted octanol–water partition coefficient (Wildman–Crippen LogP) is 3.46. The minimum absolute atomic E-state index is 0.0605. The van der Waals surface area contributed by atoms with Gasteiger partial charge in [0.15, 0.2) is 5.65 Å². The van der Waals surface area contributed by atoms with Gasteiger partial charge < -0.3 is 10.6 Å². The third-order valence-corrected chi connectivity index (χ3v) is 8.54. The quantitative estimate of drug-likeness (QED) is 0.488. The molecule has 7 rings (SSSR count). The van der Waals surface area contributed by atoms with Crippen molar-refractivity contribution in [1.82, 2.24) is 35.0 Å². The fraction of sp³-hybridized carbons (Fsp3) is 0.577. The molecule has 1 saturated heterocycles. The number of aryl methyl sites for hydroxylation is 1. The van der Waals surface area contributed by atoms with Gasteiger partial charge in [-0.2, -0.15) is 23.4 Å². The lowest BCUT2D eigenvalue weighted by Crippen LogP contribution is -2.65. The monoisotopic (exact) mass is 529 g/mol. The second-order valence-corrected chi connectivity index (χ2v) is 11.6. The summed E-state index contributed by atoms with van der Waals surface area (Å²) in [7, 11) is 0. The van der Waals surface area contributed by atoms with Crippen LogP contribution in [0.4, 0.5) is 13.2 Å². The highest BCUT2D eigenvalue weighted by Gasteiger charge is 2.68. The van der Waals surface area contributed by atoms with Crippen molar-refractivity contribution >= 4 is 17.5 Å². The van der Waals surface area contributed by atoms with Crippen LogP contribution in [0.5, 0.6) is 0 Å². The average Bonchev–Trinajstić information content (AvgIpc) is 3.47. The van der Waals surface area contributed by atoms with Gasteiger partial charge in [-0.15, -0.1) is 0 Å². The SMILES string of the molecule is CCn1nccc1C(=O)N[C@H](c1cn2nc(CC3C[C@@H](C(F)(F)F)CNC3=O)ccc2n1)C12CC(C)(C1)C2. The molecular formula is C26H30F3N7O2. The van der Waals surface area contributed by atoms with Crippen LogP contribution >= 0.6 is 0 Å². The minimum Gasteiger partial charge on any atom is -0.355 e. The summed E-state index contributed by atoms with van der Waals surface area (Å²) >= 11 is 0. The predicted molar refractivity (Wildman–Crippen MR) is 130 cm³/mol. The van der Waals surface area contributed by atoms with E-state index in [1.165, 1.54) is 0 Å². The summed E-state index contributed by atoms with van der Waals surface area (Å²) in [5.74, 6) is -2.96. The Morgan fingerprint density at radius 2 is 2.03 bits per heavy atom. The maximum absolute atomic E-state index is 13.2. The first-order valence-electron chi connectivity index (χ1n) is 13.0. The average molecular weight is 530 g/mol. The summed E-state index contributed by atoms with van der Waals surface area (Å²) in [6.45, 7) is 4.37. The van der Waals surface area contributed by atoms with Crippen LogP contribution in [-0.2, 0) is 17.8 Å². The van der Waals surface area contributed by atoms with E-state index in [4.69, 9.17) is 4.98 Å². The Kier molecular flexibility index (Phi) is 5.59. The van der Waals surface area contributed by atoms with E-state index in [0.29, 0.717) is 34.7 Å². The Morgan fingerprint density at radius 3 is 2.71 bits per heavy atom. The number of nitrogens with one attached hydrogen (secondary N) is 2. The number of hydrogen-bond donors (Lipinski definition) is 2. The van der Waals surface area contributed by atoms with E-state index in [1.807, 2.05) is 6.92 Å². The van der Waals surface area contributed by atoms with E-state index in [2.05, 4.69) is 27.8 Å². The molecule has 1 unspecified atom stereocenters. The topological polar surface area (TPSA) is 106 Å². The zero-order chi connectivity index (χ0) is 26.9. The highest BCUT2D eigenvalue weighted by molar-refractivity contribution is 5.92. The summed E-state index contributed by atoms with van der Waals surface area (Å²) in [4.78, 5) is 30.3. The van der Waals surface area contributed by atoms with Gasteiger partial charge in [-0.1, -0.05) is 6.92 Å². The van der Waals surface area contributed by atoms with Crippen LogP contribution in [0.25, 0.3) is 5.65 Å². The second-order valence-electron chi connectivity index (χ2n) is 11.6. The number of piperidine rings is 1. The molecule has 4 aliphatic rings. The number of fused-ring (bicyclic) bond motifs is 1. The second kappa shape index (κ2) is 8.54. The lowest BCUT2D eigenvalue weighted by molar-refractivity contribution is -0.210. The van der Waals surface area contributed by atoms with Gasteiger partial charge in [0.2, 0.25) is 5.91 Å². The van der Waals surface area contributed by atoms with Gasteiger partial charge in [-0.25, -0.2) is 9.50 Å². The lowest BCUT2D eigenvalue weighted by atomic mass is 9.33. The Balaban J connectivity index is 1.25. The molecule has 3 aromatic heterocycles. The zero-order valence-corrected chi connectivity index (χ0v) is 21.3. The molecule has 4 heterocycles. The van der Waals surface area contributed by atoms with E-state index < -0.39 is 18.0 Å². The molecule has 0 radical (unpaired) electrons. The first kappa shape index (κ1) is 24.9. The molecule has 12 heteroatoms. The highest BCUT2D eigenvalue weighted by Crippen LogP contribution is 2.77. The Hall–Kier alpha value is -3.44. The first-order valence-corrected chi connectivity index (χ1v) is 13.0. The number of aromatic nitrogens is 5. The van der Waals surface area contributed by atoms with Crippen molar-refractivity contribution in [2.75, 3.05) is 6.54 Å². The van der Waals surface area contributed by atoms with Crippen LogP contribution in [-0.4, -0.2) is 48.9 Å². The Bertz CT molecular complexity index is 1390.